The van der Waals surface area contributed by atoms with E-state index < -0.39 is 17.6 Å². The van der Waals surface area contributed by atoms with Crippen LogP contribution < -0.4 is 10.1 Å². The molecule has 0 unspecified atom stereocenters. The van der Waals surface area contributed by atoms with E-state index in [1.54, 1.807) is 24.0 Å². The summed E-state index contributed by atoms with van der Waals surface area (Å²) in [6.45, 7) is 4.19. The van der Waals surface area contributed by atoms with Crippen LogP contribution >= 0.6 is 15.9 Å². The molecule has 4 rings (SSSR count). The van der Waals surface area contributed by atoms with Crippen molar-refractivity contribution in [1.82, 2.24) is 19.7 Å². The maximum Gasteiger partial charge on any atom is 0.416 e. The molecular formula is C23H23BrF3N5O3. The summed E-state index contributed by atoms with van der Waals surface area (Å²) in [5.74, 6) is -0.188. The van der Waals surface area contributed by atoms with Crippen LogP contribution in [0.4, 0.5) is 18.9 Å². The second-order valence-corrected chi connectivity index (χ2v) is 8.73. The van der Waals surface area contributed by atoms with Crippen molar-refractivity contribution in [3.05, 3.63) is 58.3 Å². The Labute approximate surface area is 208 Å². The van der Waals surface area contributed by atoms with E-state index in [1.165, 1.54) is 6.20 Å². The molecule has 8 nitrogen and oxygen atoms in total. The Morgan fingerprint density at radius 3 is 2.54 bits per heavy atom. The first-order chi connectivity index (χ1) is 16.7. The third kappa shape index (κ3) is 6.19. The average molecular weight is 554 g/mol. The van der Waals surface area contributed by atoms with Crippen molar-refractivity contribution in [3.8, 4) is 17.1 Å². The van der Waals surface area contributed by atoms with Crippen molar-refractivity contribution in [3.63, 3.8) is 0 Å². The Morgan fingerprint density at radius 2 is 1.91 bits per heavy atom. The number of nitrogens with zero attached hydrogens (tertiary/aromatic N) is 4. The van der Waals surface area contributed by atoms with Gasteiger partial charge in [-0.2, -0.15) is 18.3 Å². The number of hydrogen-bond acceptors (Lipinski definition) is 6. The third-order valence-electron chi connectivity index (χ3n) is 5.48. The first kappa shape index (κ1) is 25.1. The number of carbonyl (C=O) groups excluding carboxylic acids is 1. The monoisotopic (exact) mass is 553 g/mol. The number of aromatic nitrogens is 3. The summed E-state index contributed by atoms with van der Waals surface area (Å²) in [5.41, 5.74) is 0.928. The molecular weight excluding hydrogens is 531 g/mol. The zero-order chi connectivity index (χ0) is 25.0. The van der Waals surface area contributed by atoms with E-state index in [4.69, 9.17) is 9.47 Å². The summed E-state index contributed by atoms with van der Waals surface area (Å²) < 4.78 is 52.1. The highest BCUT2D eigenvalue weighted by Crippen LogP contribution is 2.35. The minimum absolute atomic E-state index is 0.0899. The van der Waals surface area contributed by atoms with Crippen LogP contribution in [-0.2, 0) is 18.0 Å². The molecule has 1 aromatic carbocycles. The molecule has 1 N–H and O–H groups in total. The Balaban J connectivity index is 1.53. The molecule has 1 aliphatic rings. The van der Waals surface area contributed by atoms with Crippen LogP contribution in [-0.4, -0.2) is 65.0 Å². The van der Waals surface area contributed by atoms with Crippen LogP contribution in [0.2, 0.25) is 0 Å². The van der Waals surface area contributed by atoms with Crippen LogP contribution in [0.5, 0.6) is 5.88 Å². The molecule has 1 amide bonds. The summed E-state index contributed by atoms with van der Waals surface area (Å²) in [7, 11) is 1.77. The maximum atomic E-state index is 12.8. The zero-order valence-corrected chi connectivity index (χ0v) is 20.4. The first-order valence-electron chi connectivity index (χ1n) is 10.8. The highest BCUT2D eigenvalue weighted by molar-refractivity contribution is 9.10. The molecule has 12 heteroatoms. The van der Waals surface area contributed by atoms with Gasteiger partial charge in [0.1, 0.15) is 6.61 Å². The van der Waals surface area contributed by atoms with Crippen LogP contribution in [0.3, 0.4) is 0 Å². The Morgan fingerprint density at radius 1 is 1.20 bits per heavy atom. The van der Waals surface area contributed by atoms with Gasteiger partial charge < -0.3 is 14.8 Å². The molecule has 35 heavy (non-hydrogen) atoms. The first-order valence-corrected chi connectivity index (χ1v) is 11.6. The molecule has 0 atom stereocenters. The van der Waals surface area contributed by atoms with Crippen molar-refractivity contribution in [2.75, 3.05) is 44.8 Å². The van der Waals surface area contributed by atoms with E-state index in [9.17, 15) is 18.0 Å². The van der Waals surface area contributed by atoms with Gasteiger partial charge in [-0.05, 0) is 46.3 Å². The fourth-order valence-corrected chi connectivity index (χ4v) is 4.19. The van der Waals surface area contributed by atoms with Crippen LogP contribution in [0.15, 0.2) is 47.2 Å². The molecule has 0 radical (unpaired) electrons. The number of benzene rings is 1. The zero-order valence-electron chi connectivity index (χ0n) is 18.8. The third-order valence-corrected chi connectivity index (χ3v) is 6.06. The van der Waals surface area contributed by atoms with Gasteiger partial charge in [0.2, 0.25) is 5.88 Å². The number of anilines is 1. The van der Waals surface area contributed by atoms with Gasteiger partial charge in [-0.3, -0.25) is 14.4 Å². The molecule has 3 heterocycles. The molecule has 0 saturated carbocycles. The normalized spacial score (nSPS) is 14.7. The summed E-state index contributed by atoms with van der Waals surface area (Å²) in [6.07, 6.45) is -1.39. The molecule has 0 spiro atoms. The van der Waals surface area contributed by atoms with E-state index in [2.05, 4.69) is 36.2 Å². The largest absolute Gasteiger partial charge is 0.476 e. The number of aryl methyl sites for hydroxylation is 1. The van der Waals surface area contributed by atoms with Crippen LogP contribution in [0, 0.1) is 0 Å². The second kappa shape index (κ2) is 10.8. The van der Waals surface area contributed by atoms with Gasteiger partial charge in [-0.25, -0.2) is 4.98 Å². The number of hydrogen-bond donors (Lipinski definition) is 1. The number of halogens is 4. The Hall–Kier alpha value is -2.96. The van der Waals surface area contributed by atoms with E-state index in [1.807, 2.05) is 0 Å². The number of pyridine rings is 1. The molecule has 186 valence electrons. The number of rotatable bonds is 7. The van der Waals surface area contributed by atoms with E-state index in [-0.39, 0.29) is 5.56 Å². The Bertz CT molecular complexity index is 1160. The fraction of sp³-hybridized carbons (Fsp3) is 0.348. The van der Waals surface area contributed by atoms with Crippen molar-refractivity contribution in [2.24, 2.45) is 7.05 Å². The number of alkyl halides is 3. The summed E-state index contributed by atoms with van der Waals surface area (Å²) in [4.78, 5) is 19.3. The molecule has 1 fully saturated rings. The minimum Gasteiger partial charge on any atom is -0.476 e. The standard InChI is InChI=1S/C23H23BrF3N5O3/c1-31-20(19(24)14-29-31)18-12-17(13-28-22(18)35-11-8-32-6-9-34-10-7-32)30-21(33)15-2-4-16(5-3-15)23(25,26)27/h2-5,12-14H,6-11H2,1H3,(H,30,33). The number of amides is 1. The molecule has 1 saturated heterocycles. The van der Waals surface area contributed by atoms with Gasteiger partial charge in [0.25, 0.3) is 5.91 Å². The average Bonchev–Trinajstić information content (AvgIpc) is 3.17. The lowest BCUT2D eigenvalue weighted by molar-refractivity contribution is -0.137. The van der Waals surface area contributed by atoms with E-state index in [0.717, 1.165) is 37.4 Å². The van der Waals surface area contributed by atoms with Crippen LogP contribution in [0.1, 0.15) is 15.9 Å². The molecule has 0 aliphatic carbocycles. The highest BCUT2D eigenvalue weighted by atomic mass is 79.9. The lowest BCUT2D eigenvalue weighted by atomic mass is 10.1. The van der Waals surface area contributed by atoms with Gasteiger partial charge >= 0.3 is 6.18 Å². The van der Waals surface area contributed by atoms with E-state index in [0.29, 0.717) is 53.7 Å². The van der Waals surface area contributed by atoms with Crippen molar-refractivity contribution in [1.29, 1.82) is 0 Å². The Kier molecular flexibility index (Phi) is 7.72. The lowest BCUT2D eigenvalue weighted by Gasteiger charge is -2.26. The topological polar surface area (TPSA) is 81.5 Å². The highest BCUT2D eigenvalue weighted by Gasteiger charge is 2.30. The van der Waals surface area contributed by atoms with Crippen LogP contribution in [0.25, 0.3) is 11.3 Å². The quantitative estimate of drug-likeness (QED) is 0.471. The lowest BCUT2D eigenvalue weighted by Crippen LogP contribution is -2.38. The predicted octanol–water partition coefficient (Wildman–Crippen LogP) is 4.23. The number of carbonyl (C=O) groups is 1. The van der Waals surface area contributed by atoms with Gasteiger partial charge in [0.05, 0.1) is 52.6 Å². The van der Waals surface area contributed by atoms with Gasteiger partial charge in [-0.15, -0.1) is 0 Å². The second-order valence-electron chi connectivity index (χ2n) is 7.87. The van der Waals surface area contributed by atoms with Gasteiger partial charge in [0, 0.05) is 32.2 Å². The van der Waals surface area contributed by atoms with Gasteiger partial charge in [-0.1, -0.05) is 0 Å². The minimum atomic E-state index is -4.47. The number of ether oxygens (including phenoxy) is 2. The van der Waals surface area contributed by atoms with Crippen molar-refractivity contribution >= 4 is 27.5 Å². The molecule has 1 aliphatic heterocycles. The number of nitrogens with one attached hydrogen (secondary N) is 1. The summed E-state index contributed by atoms with van der Waals surface area (Å²) in [5, 5.41) is 6.93. The molecule has 2 aromatic heterocycles. The fourth-order valence-electron chi connectivity index (χ4n) is 3.63. The predicted molar refractivity (Wildman–Crippen MR) is 126 cm³/mol. The molecule has 0 bridgehead atoms. The SMILES string of the molecule is Cn1ncc(Br)c1-c1cc(NC(=O)c2ccc(C(F)(F)F)cc2)cnc1OCCN1CCOCC1. The summed E-state index contributed by atoms with van der Waals surface area (Å²) >= 11 is 3.49. The van der Waals surface area contributed by atoms with Crippen molar-refractivity contribution < 1.29 is 27.4 Å². The van der Waals surface area contributed by atoms with E-state index >= 15 is 0 Å². The maximum absolute atomic E-state index is 12.8. The van der Waals surface area contributed by atoms with Crippen molar-refractivity contribution in [2.45, 2.75) is 6.18 Å². The molecule has 3 aromatic rings. The smallest absolute Gasteiger partial charge is 0.416 e. The summed E-state index contributed by atoms with van der Waals surface area (Å²) in [6, 6.07) is 5.70. The van der Waals surface area contributed by atoms with Gasteiger partial charge in [0.15, 0.2) is 0 Å². The number of morpholine rings is 1.